The Hall–Kier alpha value is -1.92. The van der Waals surface area contributed by atoms with Gasteiger partial charge in [-0.3, -0.25) is 0 Å². The molecule has 0 amide bonds. The van der Waals surface area contributed by atoms with E-state index in [0.29, 0.717) is 5.11 Å². The van der Waals surface area contributed by atoms with Gasteiger partial charge in [-0.05, 0) is 29.9 Å². The molecule has 2 N–H and O–H groups in total. The predicted octanol–water partition coefficient (Wildman–Crippen LogP) is 3.92. The Morgan fingerprint density at radius 3 is 2.58 bits per heavy atom. The van der Waals surface area contributed by atoms with Crippen molar-refractivity contribution in [2.75, 3.05) is 31.8 Å². The van der Waals surface area contributed by atoms with Gasteiger partial charge in [-0.1, -0.05) is 30.3 Å². The van der Waals surface area contributed by atoms with Crippen LogP contribution in [0.1, 0.15) is 5.56 Å². The highest BCUT2D eigenvalue weighted by Gasteiger charge is 2.06. The molecule has 0 spiro atoms. The highest BCUT2D eigenvalue weighted by Crippen LogP contribution is 2.28. The largest absolute Gasteiger partial charge is 0.497 e. The third kappa shape index (κ3) is 5.94. The molecule has 4 nitrogen and oxygen atoms in total. The molecule has 0 saturated heterocycles. The normalized spacial score (nSPS) is 10.1. The van der Waals surface area contributed by atoms with E-state index < -0.39 is 0 Å². The Labute approximate surface area is 152 Å². The first-order chi connectivity index (χ1) is 11.7. The van der Waals surface area contributed by atoms with Gasteiger partial charge in [0, 0.05) is 24.1 Å². The summed E-state index contributed by atoms with van der Waals surface area (Å²) >= 11 is 7.21. The van der Waals surface area contributed by atoms with Gasteiger partial charge < -0.3 is 20.1 Å². The third-order valence-electron chi connectivity index (χ3n) is 3.30. The van der Waals surface area contributed by atoms with Crippen LogP contribution in [-0.2, 0) is 5.75 Å². The summed E-state index contributed by atoms with van der Waals surface area (Å²) < 4.78 is 10.6. The van der Waals surface area contributed by atoms with E-state index in [1.54, 1.807) is 14.2 Å². The highest BCUT2D eigenvalue weighted by atomic mass is 32.2. The molecule has 0 aliphatic carbocycles. The summed E-state index contributed by atoms with van der Waals surface area (Å²) in [4.78, 5) is 0. The van der Waals surface area contributed by atoms with Crippen LogP contribution in [0.3, 0.4) is 0 Å². The molecule has 0 saturated carbocycles. The van der Waals surface area contributed by atoms with E-state index in [9.17, 15) is 0 Å². The third-order valence-corrected chi connectivity index (χ3v) is 4.58. The standard InChI is InChI=1S/C18H22N2O2S2/c1-21-15-8-9-17(22-2)16(12-15)20-18(23)19-10-11-24-13-14-6-4-3-5-7-14/h3-9,12H,10-11,13H2,1-2H3,(H2,19,20,23). The lowest BCUT2D eigenvalue weighted by molar-refractivity contribution is 0.405. The smallest absolute Gasteiger partial charge is 0.170 e. The van der Waals surface area contributed by atoms with E-state index >= 15 is 0 Å². The summed E-state index contributed by atoms with van der Waals surface area (Å²) in [5.74, 6) is 3.45. The van der Waals surface area contributed by atoms with Crippen molar-refractivity contribution < 1.29 is 9.47 Å². The van der Waals surface area contributed by atoms with Crippen molar-refractivity contribution in [3.63, 3.8) is 0 Å². The van der Waals surface area contributed by atoms with Crippen LogP contribution < -0.4 is 20.1 Å². The van der Waals surface area contributed by atoms with Crippen molar-refractivity contribution in [2.45, 2.75) is 5.75 Å². The number of rotatable bonds is 8. The average Bonchev–Trinajstić information content (AvgIpc) is 2.62. The van der Waals surface area contributed by atoms with Crippen molar-refractivity contribution in [3.05, 3.63) is 54.1 Å². The van der Waals surface area contributed by atoms with Gasteiger partial charge in [0.2, 0.25) is 0 Å². The topological polar surface area (TPSA) is 42.5 Å². The maximum Gasteiger partial charge on any atom is 0.170 e. The number of nitrogens with one attached hydrogen (secondary N) is 2. The maximum absolute atomic E-state index is 5.34. The van der Waals surface area contributed by atoms with Gasteiger partial charge in [0.15, 0.2) is 5.11 Å². The first-order valence-electron chi connectivity index (χ1n) is 7.61. The van der Waals surface area contributed by atoms with Crippen LogP contribution in [-0.4, -0.2) is 31.6 Å². The number of anilines is 1. The second kappa shape index (κ2) is 10.1. The fourth-order valence-corrected chi connectivity index (χ4v) is 3.11. The second-order valence-corrected chi connectivity index (χ2v) is 6.50. The van der Waals surface area contributed by atoms with Crippen LogP contribution in [0.5, 0.6) is 11.5 Å². The Morgan fingerprint density at radius 1 is 1.08 bits per heavy atom. The Kier molecular flexibility index (Phi) is 7.71. The molecule has 0 heterocycles. The molecule has 2 aromatic rings. The molecule has 0 unspecified atom stereocenters. The van der Waals surface area contributed by atoms with E-state index in [2.05, 4.69) is 34.9 Å². The minimum Gasteiger partial charge on any atom is -0.497 e. The molecule has 0 aliphatic rings. The van der Waals surface area contributed by atoms with Gasteiger partial charge in [-0.25, -0.2) is 0 Å². The summed E-state index contributed by atoms with van der Waals surface area (Å²) in [6.07, 6.45) is 0. The summed E-state index contributed by atoms with van der Waals surface area (Å²) in [7, 11) is 3.26. The zero-order chi connectivity index (χ0) is 17.2. The minimum atomic E-state index is 0.571. The zero-order valence-electron chi connectivity index (χ0n) is 13.9. The number of benzene rings is 2. The molecule has 24 heavy (non-hydrogen) atoms. The van der Waals surface area contributed by atoms with Gasteiger partial charge in [-0.15, -0.1) is 0 Å². The van der Waals surface area contributed by atoms with Gasteiger partial charge in [0.1, 0.15) is 11.5 Å². The first kappa shape index (κ1) is 18.4. The van der Waals surface area contributed by atoms with Crippen LogP contribution in [0.2, 0.25) is 0 Å². The van der Waals surface area contributed by atoms with Gasteiger partial charge in [-0.2, -0.15) is 11.8 Å². The Bertz CT molecular complexity index is 651. The van der Waals surface area contributed by atoms with Gasteiger partial charge in [0.05, 0.1) is 19.9 Å². The first-order valence-corrected chi connectivity index (χ1v) is 9.17. The lowest BCUT2D eigenvalue weighted by Crippen LogP contribution is -2.30. The molecule has 2 rings (SSSR count). The summed E-state index contributed by atoms with van der Waals surface area (Å²) in [5.41, 5.74) is 2.12. The van der Waals surface area contributed by atoms with Crippen molar-refractivity contribution in [3.8, 4) is 11.5 Å². The molecule has 128 valence electrons. The van der Waals surface area contributed by atoms with Crippen molar-refractivity contribution in [1.82, 2.24) is 5.32 Å². The van der Waals surface area contributed by atoms with E-state index in [-0.39, 0.29) is 0 Å². The van der Waals surface area contributed by atoms with Crippen molar-refractivity contribution >= 4 is 34.8 Å². The van der Waals surface area contributed by atoms with E-state index in [1.165, 1.54) is 5.56 Å². The molecular formula is C18H22N2O2S2. The number of thiocarbonyl (C=S) groups is 1. The van der Waals surface area contributed by atoms with E-state index in [0.717, 1.165) is 35.2 Å². The minimum absolute atomic E-state index is 0.571. The number of thioether (sulfide) groups is 1. The average molecular weight is 363 g/mol. The monoisotopic (exact) mass is 362 g/mol. The summed E-state index contributed by atoms with van der Waals surface area (Å²) in [6.45, 7) is 0.801. The fraction of sp³-hybridized carbons (Fsp3) is 0.278. The second-order valence-electron chi connectivity index (χ2n) is 4.99. The van der Waals surface area contributed by atoms with Crippen LogP contribution >= 0.6 is 24.0 Å². The van der Waals surface area contributed by atoms with E-state index in [4.69, 9.17) is 21.7 Å². The number of hydrogen-bond donors (Lipinski definition) is 2. The van der Waals surface area contributed by atoms with Gasteiger partial charge >= 0.3 is 0 Å². The maximum atomic E-state index is 5.34. The van der Waals surface area contributed by atoms with E-state index in [1.807, 2.05) is 36.0 Å². The van der Waals surface area contributed by atoms with Crippen molar-refractivity contribution in [2.24, 2.45) is 0 Å². The molecule has 0 bridgehead atoms. The van der Waals surface area contributed by atoms with Crippen LogP contribution in [0.25, 0.3) is 0 Å². The van der Waals surface area contributed by atoms with Crippen LogP contribution in [0.15, 0.2) is 48.5 Å². The van der Waals surface area contributed by atoms with Crippen LogP contribution in [0, 0.1) is 0 Å². The van der Waals surface area contributed by atoms with Crippen LogP contribution in [0.4, 0.5) is 5.69 Å². The lowest BCUT2D eigenvalue weighted by Gasteiger charge is -2.14. The van der Waals surface area contributed by atoms with Crippen molar-refractivity contribution in [1.29, 1.82) is 0 Å². The Morgan fingerprint density at radius 2 is 1.88 bits per heavy atom. The van der Waals surface area contributed by atoms with Gasteiger partial charge in [0.25, 0.3) is 0 Å². The number of hydrogen-bond acceptors (Lipinski definition) is 4. The molecular weight excluding hydrogens is 340 g/mol. The zero-order valence-corrected chi connectivity index (χ0v) is 15.5. The quantitative estimate of drug-likeness (QED) is 0.548. The SMILES string of the molecule is COc1ccc(OC)c(NC(=S)NCCSCc2ccccc2)c1. The molecule has 0 fully saturated rings. The predicted molar refractivity (Wildman–Crippen MR) is 106 cm³/mol. The lowest BCUT2D eigenvalue weighted by atomic mass is 10.2. The number of methoxy groups -OCH3 is 2. The Balaban J connectivity index is 1.73. The fourth-order valence-electron chi connectivity index (χ4n) is 2.08. The molecule has 2 aromatic carbocycles. The molecule has 0 atom stereocenters. The summed E-state index contributed by atoms with van der Waals surface area (Å²) in [5, 5.41) is 6.93. The summed E-state index contributed by atoms with van der Waals surface area (Å²) in [6, 6.07) is 16.0. The molecule has 0 aromatic heterocycles. The highest BCUT2D eigenvalue weighted by molar-refractivity contribution is 7.98. The number of ether oxygens (including phenoxy) is 2. The molecule has 6 heteroatoms. The molecule has 0 aliphatic heterocycles. The molecule has 0 radical (unpaired) electrons.